The van der Waals surface area contributed by atoms with Crippen LogP contribution in [0, 0.1) is 0 Å². The van der Waals surface area contributed by atoms with Gasteiger partial charge in [-0.05, 0) is 42.7 Å². The number of benzene rings is 2. The Hall–Kier alpha value is -2.80. The number of ether oxygens (including phenoxy) is 1. The van der Waals surface area contributed by atoms with Crippen LogP contribution in [0.2, 0.25) is 0 Å². The molecule has 0 spiro atoms. The SMILES string of the molecule is COC(=O)c1cccc2c1CCCN2C(=O)CSc1nc2ccccc2o1. The standard InChI is InChI=1S/C20H18N2O4S/c1-25-19(24)14-6-4-9-16-13(14)7-5-11-22(16)18(23)12-27-20-21-15-8-2-3-10-17(15)26-20/h2-4,6,8-10H,5,7,11-12H2,1H3. The van der Waals surface area contributed by atoms with Crippen molar-refractivity contribution in [3.8, 4) is 0 Å². The maximum Gasteiger partial charge on any atom is 0.338 e. The first-order chi connectivity index (χ1) is 13.2. The van der Waals surface area contributed by atoms with Crippen molar-refractivity contribution in [2.45, 2.75) is 18.1 Å². The summed E-state index contributed by atoms with van der Waals surface area (Å²) in [4.78, 5) is 31.0. The number of fused-ring (bicyclic) bond motifs is 2. The van der Waals surface area contributed by atoms with Gasteiger partial charge in [0.15, 0.2) is 5.58 Å². The van der Waals surface area contributed by atoms with E-state index in [0.29, 0.717) is 22.9 Å². The number of aromatic nitrogens is 1. The largest absolute Gasteiger partial charge is 0.465 e. The van der Waals surface area contributed by atoms with Crippen LogP contribution in [-0.4, -0.2) is 36.3 Å². The monoisotopic (exact) mass is 382 g/mol. The van der Waals surface area contributed by atoms with Crippen LogP contribution in [0.3, 0.4) is 0 Å². The van der Waals surface area contributed by atoms with Gasteiger partial charge in [-0.1, -0.05) is 30.0 Å². The van der Waals surface area contributed by atoms with Gasteiger partial charge in [-0.3, -0.25) is 4.79 Å². The third-order valence-electron chi connectivity index (χ3n) is 4.55. The molecule has 2 heterocycles. The number of anilines is 1. The van der Waals surface area contributed by atoms with E-state index < -0.39 is 0 Å². The van der Waals surface area contributed by atoms with Crippen LogP contribution in [0.4, 0.5) is 5.69 Å². The summed E-state index contributed by atoms with van der Waals surface area (Å²) in [6, 6.07) is 12.9. The van der Waals surface area contributed by atoms with Crippen LogP contribution >= 0.6 is 11.8 Å². The highest BCUT2D eigenvalue weighted by Crippen LogP contribution is 2.31. The average Bonchev–Trinajstić information content (AvgIpc) is 3.13. The minimum absolute atomic E-state index is 0.0368. The van der Waals surface area contributed by atoms with Crippen molar-refractivity contribution in [2.75, 3.05) is 24.3 Å². The molecule has 1 aliphatic heterocycles. The summed E-state index contributed by atoms with van der Waals surface area (Å²) in [5, 5.41) is 0.477. The number of hydrogen-bond donors (Lipinski definition) is 0. The molecular formula is C20H18N2O4S. The van der Waals surface area contributed by atoms with Crippen LogP contribution in [-0.2, 0) is 16.0 Å². The van der Waals surface area contributed by atoms with E-state index in [1.165, 1.54) is 18.9 Å². The van der Waals surface area contributed by atoms with Crippen molar-refractivity contribution in [3.05, 3.63) is 53.6 Å². The zero-order valence-corrected chi connectivity index (χ0v) is 15.6. The Labute approximate surface area is 160 Å². The second-order valence-electron chi connectivity index (χ2n) is 6.18. The van der Waals surface area contributed by atoms with Crippen molar-refractivity contribution in [1.29, 1.82) is 0 Å². The van der Waals surface area contributed by atoms with Gasteiger partial charge in [-0.2, -0.15) is 0 Å². The number of carbonyl (C=O) groups excluding carboxylic acids is 2. The molecular weight excluding hydrogens is 364 g/mol. The predicted molar refractivity (Wildman–Crippen MR) is 103 cm³/mol. The van der Waals surface area contributed by atoms with Crippen molar-refractivity contribution < 1.29 is 18.7 Å². The Balaban J connectivity index is 1.52. The quantitative estimate of drug-likeness (QED) is 0.506. The first-order valence-electron chi connectivity index (χ1n) is 8.66. The molecule has 138 valence electrons. The number of hydrogen-bond acceptors (Lipinski definition) is 6. The van der Waals surface area contributed by atoms with Crippen LogP contribution in [0.25, 0.3) is 11.1 Å². The van der Waals surface area contributed by atoms with E-state index in [9.17, 15) is 9.59 Å². The summed E-state index contributed by atoms with van der Waals surface area (Å²) in [7, 11) is 1.37. The molecule has 0 saturated heterocycles. The van der Waals surface area contributed by atoms with Gasteiger partial charge in [0.25, 0.3) is 5.22 Å². The highest BCUT2D eigenvalue weighted by atomic mass is 32.2. The number of thioether (sulfide) groups is 1. The Bertz CT molecular complexity index is 981. The lowest BCUT2D eigenvalue weighted by Crippen LogP contribution is -2.37. The summed E-state index contributed by atoms with van der Waals surface area (Å²) >= 11 is 1.28. The fourth-order valence-electron chi connectivity index (χ4n) is 3.30. The topological polar surface area (TPSA) is 72.6 Å². The summed E-state index contributed by atoms with van der Waals surface area (Å²) < 4.78 is 10.5. The lowest BCUT2D eigenvalue weighted by Gasteiger charge is -2.30. The molecule has 0 N–H and O–H groups in total. The normalized spacial score (nSPS) is 13.4. The molecule has 27 heavy (non-hydrogen) atoms. The molecule has 4 rings (SSSR count). The van der Waals surface area contributed by atoms with E-state index in [4.69, 9.17) is 9.15 Å². The van der Waals surface area contributed by atoms with Gasteiger partial charge in [0, 0.05) is 12.2 Å². The zero-order valence-electron chi connectivity index (χ0n) is 14.8. The van der Waals surface area contributed by atoms with Crippen molar-refractivity contribution in [3.63, 3.8) is 0 Å². The lowest BCUT2D eigenvalue weighted by atomic mass is 9.96. The molecule has 6 nitrogen and oxygen atoms in total. The van der Waals surface area contributed by atoms with Crippen LogP contribution in [0.5, 0.6) is 0 Å². The number of rotatable bonds is 4. The molecule has 0 unspecified atom stereocenters. The smallest absolute Gasteiger partial charge is 0.338 e. The van der Waals surface area contributed by atoms with Gasteiger partial charge in [0.05, 0.1) is 18.4 Å². The van der Waals surface area contributed by atoms with E-state index in [0.717, 1.165) is 29.6 Å². The van der Waals surface area contributed by atoms with E-state index in [2.05, 4.69) is 4.98 Å². The van der Waals surface area contributed by atoms with Gasteiger partial charge in [0.1, 0.15) is 5.52 Å². The Kier molecular flexibility index (Phi) is 4.85. The Morgan fingerprint density at radius 1 is 1.22 bits per heavy atom. The van der Waals surface area contributed by atoms with Crippen LogP contribution in [0.15, 0.2) is 52.1 Å². The first-order valence-corrected chi connectivity index (χ1v) is 9.65. The fourth-order valence-corrected chi connectivity index (χ4v) is 4.01. The molecule has 0 radical (unpaired) electrons. The molecule has 0 fully saturated rings. The first kappa shape index (κ1) is 17.6. The maximum absolute atomic E-state index is 12.8. The third-order valence-corrected chi connectivity index (χ3v) is 5.36. The van der Waals surface area contributed by atoms with Gasteiger partial charge >= 0.3 is 5.97 Å². The second kappa shape index (κ2) is 7.44. The van der Waals surface area contributed by atoms with E-state index >= 15 is 0 Å². The summed E-state index contributed by atoms with van der Waals surface area (Å²) in [5.74, 6) is -0.193. The van der Waals surface area contributed by atoms with Crippen molar-refractivity contribution >= 4 is 40.4 Å². The zero-order chi connectivity index (χ0) is 18.8. The number of carbonyl (C=O) groups is 2. The molecule has 0 saturated carbocycles. The molecule has 0 bridgehead atoms. The van der Waals surface area contributed by atoms with E-state index in [1.54, 1.807) is 17.0 Å². The average molecular weight is 382 g/mol. The Morgan fingerprint density at radius 3 is 2.89 bits per heavy atom. The molecule has 2 aromatic carbocycles. The van der Waals surface area contributed by atoms with Crippen molar-refractivity contribution in [1.82, 2.24) is 4.98 Å². The number of amides is 1. The van der Waals surface area contributed by atoms with Crippen molar-refractivity contribution in [2.24, 2.45) is 0 Å². The highest BCUT2D eigenvalue weighted by molar-refractivity contribution is 7.99. The fraction of sp³-hybridized carbons (Fsp3) is 0.250. The molecule has 1 aliphatic rings. The molecule has 0 aliphatic carbocycles. The lowest BCUT2D eigenvalue weighted by molar-refractivity contribution is -0.116. The number of para-hydroxylation sites is 2. The Morgan fingerprint density at radius 2 is 2.07 bits per heavy atom. The van der Waals surface area contributed by atoms with Gasteiger partial charge in [0.2, 0.25) is 5.91 Å². The third kappa shape index (κ3) is 3.42. The number of esters is 1. The molecule has 7 heteroatoms. The van der Waals surface area contributed by atoms with Gasteiger partial charge in [-0.25, -0.2) is 9.78 Å². The van der Waals surface area contributed by atoms with E-state index in [1.807, 2.05) is 30.3 Å². The molecule has 3 aromatic rings. The van der Waals surface area contributed by atoms with E-state index in [-0.39, 0.29) is 17.6 Å². The second-order valence-corrected chi connectivity index (χ2v) is 7.11. The van der Waals surface area contributed by atoms with Crippen LogP contribution in [0.1, 0.15) is 22.3 Å². The summed E-state index contributed by atoms with van der Waals surface area (Å²) in [6.07, 6.45) is 1.56. The van der Waals surface area contributed by atoms with Gasteiger partial charge in [-0.15, -0.1) is 0 Å². The van der Waals surface area contributed by atoms with Crippen LogP contribution < -0.4 is 4.90 Å². The summed E-state index contributed by atoms with van der Waals surface area (Å²) in [6.45, 7) is 0.630. The maximum atomic E-state index is 12.8. The molecule has 1 amide bonds. The minimum Gasteiger partial charge on any atom is -0.465 e. The minimum atomic E-state index is -0.373. The highest BCUT2D eigenvalue weighted by Gasteiger charge is 2.26. The molecule has 1 aromatic heterocycles. The number of methoxy groups -OCH3 is 1. The molecule has 0 atom stereocenters. The van der Waals surface area contributed by atoms with Gasteiger partial charge < -0.3 is 14.1 Å². The summed E-state index contributed by atoms with van der Waals surface area (Å²) in [5.41, 5.74) is 3.67. The predicted octanol–water partition coefficient (Wildman–Crippen LogP) is 3.69. The number of oxazole rings is 1. The number of nitrogens with zero attached hydrogens (tertiary/aromatic N) is 2.